The molecule has 1 N–H and O–H groups in total. The molecule has 2 aromatic rings. The lowest BCUT2D eigenvalue weighted by atomic mass is 10.3. The molecule has 0 aromatic carbocycles. The smallest absolute Gasteiger partial charge is 0.269 e. The van der Waals surface area contributed by atoms with E-state index < -0.39 is 15.9 Å². The van der Waals surface area contributed by atoms with Gasteiger partial charge in [0.1, 0.15) is 4.90 Å². The van der Waals surface area contributed by atoms with Crippen molar-refractivity contribution in [2.24, 2.45) is 7.05 Å². The summed E-state index contributed by atoms with van der Waals surface area (Å²) >= 11 is 0. The molecule has 8 nitrogen and oxygen atoms in total. The fourth-order valence-corrected chi connectivity index (χ4v) is 2.86. The second-order valence-electron chi connectivity index (χ2n) is 4.54. The normalized spacial score (nSPS) is 11.0. The Bertz CT molecular complexity index is 889. The van der Waals surface area contributed by atoms with Crippen molar-refractivity contribution in [1.29, 1.82) is 0 Å². The molecule has 23 heavy (non-hydrogen) atoms. The predicted octanol–water partition coefficient (Wildman–Crippen LogP) is 0.298. The van der Waals surface area contributed by atoms with Gasteiger partial charge in [0.15, 0.2) is 0 Å². The van der Waals surface area contributed by atoms with Crippen LogP contribution in [0.25, 0.3) is 0 Å². The number of aryl methyl sites for hydroxylation is 1. The maximum atomic E-state index is 12.3. The van der Waals surface area contributed by atoms with Crippen LogP contribution in [0.15, 0.2) is 46.3 Å². The fourth-order valence-electron chi connectivity index (χ4n) is 1.79. The highest BCUT2D eigenvalue weighted by atomic mass is 32.2. The lowest BCUT2D eigenvalue weighted by Crippen LogP contribution is -2.32. The van der Waals surface area contributed by atoms with Crippen LogP contribution in [0.4, 0.5) is 0 Å². The quantitative estimate of drug-likeness (QED) is 0.841. The average molecular weight is 337 g/mol. The van der Waals surface area contributed by atoms with Crippen LogP contribution in [-0.2, 0) is 17.1 Å². The number of aromatic nitrogens is 2. The Labute approximate surface area is 132 Å². The number of nitrogens with one attached hydrogen (secondary N) is 1. The van der Waals surface area contributed by atoms with Gasteiger partial charge in [-0.05, 0) is 25.1 Å². The zero-order chi connectivity index (χ0) is 17.0. The molecule has 0 atom stereocenters. The standard InChI is InChI=1S/C14H15N3O5S/c1-3-22-14-11(5-4-8-15-14)23(20,21)16-13(19)10-6-7-12(18)17(2)9-10/h4-9H,3H2,1-2H3,(H,16,19). The van der Waals surface area contributed by atoms with E-state index in [0.29, 0.717) is 0 Å². The summed E-state index contributed by atoms with van der Waals surface area (Å²) < 4.78 is 33.0. The minimum atomic E-state index is -4.16. The first-order valence-electron chi connectivity index (χ1n) is 6.67. The van der Waals surface area contributed by atoms with E-state index in [2.05, 4.69) is 4.98 Å². The number of hydrogen-bond acceptors (Lipinski definition) is 6. The van der Waals surface area contributed by atoms with E-state index >= 15 is 0 Å². The summed E-state index contributed by atoms with van der Waals surface area (Å²) in [5.41, 5.74) is -0.271. The average Bonchev–Trinajstić information content (AvgIpc) is 2.50. The third kappa shape index (κ3) is 3.75. The number of carbonyl (C=O) groups excluding carboxylic acids is 1. The summed E-state index contributed by atoms with van der Waals surface area (Å²) in [4.78, 5) is 27.0. The Morgan fingerprint density at radius 1 is 1.35 bits per heavy atom. The Hall–Kier alpha value is -2.68. The molecule has 2 rings (SSSR count). The van der Waals surface area contributed by atoms with Crippen LogP contribution in [0.1, 0.15) is 17.3 Å². The molecule has 0 aliphatic heterocycles. The first kappa shape index (κ1) is 16.7. The summed E-state index contributed by atoms with van der Waals surface area (Å²) in [5, 5.41) is 0. The first-order valence-corrected chi connectivity index (χ1v) is 8.15. The summed E-state index contributed by atoms with van der Waals surface area (Å²) in [6.45, 7) is 1.92. The van der Waals surface area contributed by atoms with E-state index in [9.17, 15) is 18.0 Å². The third-order valence-corrected chi connectivity index (χ3v) is 4.23. The molecule has 0 radical (unpaired) electrons. The highest BCUT2D eigenvalue weighted by molar-refractivity contribution is 7.90. The molecule has 0 spiro atoms. The van der Waals surface area contributed by atoms with Gasteiger partial charge in [-0.2, -0.15) is 0 Å². The summed E-state index contributed by atoms with van der Waals surface area (Å²) in [6.07, 6.45) is 2.64. The number of pyridine rings is 2. The van der Waals surface area contributed by atoms with Crippen LogP contribution in [0.5, 0.6) is 5.88 Å². The minimum absolute atomic E-state index is 0.0394. The van der Waals surface area contributed by atoms with Gasteiger partial charge in [0.2, 0.25) is 11.4 Å². The van der Waals surface area contributed by atoms with Crippen molar-refractivity contribution in [2.75, 3.05) is 6.61 Å². The van der Waals surface area contributed by atoms with Crippen LogP contribution in [0, 0.1) is 0 Å². The minimum Gasteiger partial charge on any atom is -0.477 e. The van der Waals surface area contributed by atoms with Crippen LogP contribution in [0.3, 0.4) is 0 Å². The summed E-state index contributed by atoms with van der Waals surface area (Å²) in [6, 6.07) is 5.14. The Kier molecular flexibility index (Phi) is 4.80. The van der Waals surface area contributed by atoms with Crippen molar-refractivity contribution in [2.45, 2.75) is 11.8 Å². The molecule has 0 fully saturated rings. The van der Waals surface area contributed by atoms with Crippen molar-refractivity contribution >= 4 is 15.9 Å². The van der Waals surface area contributed by atoms with Crippen molar-refractivity contribution in [3.05, 3.63) is 52.6 Å². The second-order valence-corrected chi connectivity index (χ2v) is 6.19. The predicted molar refractivity (Wildman–Crippen MR) is 81.7 cm³/mol. The zero-order valence-electron chi connectivity index (χ0n) is 12.5. The maximum Gasteiger partial charge on any atom is 0.269 e. The molecule has 0 bridgehead atoms. The molecule has 0 aliphatic carbocycles. The lowest BCUT2D eigenvalue weighted by molar-refractivity contribution is 0.0980. The number of ether oxygens (including phenoxy) is 1. The molecular formula is C14H15N3O5S. The van der Waals surface area contributed by atoms with E-state index in [1.807, 2.05) is 4.72 Å². The number of nitrogens with zero attached hydrogens (tertiary/aromatic N) is 2. The number of amides is 1. The monoisotopic (exact) mass is 337 g/mol. The van der Waals surface area contributed by atoms with Crippen molar-refractivity contribution in [1.82, 2.24) is 14.3 Å². The zero-order valence-corrected chi connectivity index (χ0v) is 13.3. The van der Waals surface area contributed by atoms with Gasteiger partial charge in [0, 0.05) is 25.5 Å². The molecule has 0 aliphatic rings. The van der Waals surface area contributed by atoms with Gasteiger partial charge in [-0.1, -0.05) is 0 Å². The van der Waals surface area contributed by atoms with E-state index in [1.165, 1.54) is 48.3 Å². The SMILES string of the molecule is CCOc1ncccc1S(=O)(=O)NC(=O)c1ccc(=O)n(C)c1. The first-order chi connectivity index (χ1) is 10.8. The van der Waals surface area contributed by atoms with Gasteiger partial charge in [0.25, 0.3) is 15.9 Å². The van der Waals surface area contributed by atoms with Gasteiger partial charge < -0.3 is 9.30 Å². The third-order valence-electron chi connectivity index (χ3n) is 2.88. The van der Waals surface area contributed by atoms with Crippen LogP contribution in [0.2, 0.25) is 0 Å². The van der Waals surface area contributed by atoms with Crippen LogP contribution >= 0.6 is 0 Å². The Balaban J connectivity index is 2.32. The van der Waals surface area contributed by atoms with Crippen molar-refractivity contribution < 1.29 is 17.9 Å². The molecule has 122 valence electrons. The Morgan fingerprint density at radius 2 is 2.09 bits per heavy atom. The molecule has 0 saturated carbocycles. The van der Waals surface area contributed by atoms with Gasteiger partial charge in [-0.25, -0.2) is 18.1 Å². The molecule has 2 aromatic heterocycles. The molecule has 1 amide bonds. The highest BCUT2D eigenvalue weighted by Gasteiger charge is 2.23. The topological polar surface area (TPSA) is 107 Å². The van der Waals surface area contributed by atoms with Crippen molar-refractivity contribution in [3.8, 4) is 5.88 Å². The molecule has 9 heteroatoms. The van der Waals surface area contributed by atoms with E-state index in [-0.39, 0.29) is 28.5 Å². The fraction of sp³-hybridized carbons (Fsp3) is 0.214. The number of sulfonamides is 1. The van der Waals surface area contributed by atoms with E-state index in [4.69, 9.17) is 4.74 Å². The highest BCUT2D eigenvalue weighted by Crippen LogP contribution is 2.20. The molecule has 2 heterocycles. The largest absolute Gasteiger partial charge is 0.477 e. The van der Waals surface area contributed by atoms with Crippen LogP contribution < -0.4 is 15.0 Å². The van der Waals surface area contributed by atoms with Gasteiger partial charge in [-0.15, -0.1) is 0 Å². The maximum absolute atomic E-state index is 12.3. The number of carbonyl (C=O) groups is 1. The number of rotatable bonds is 5. The molecule has 0 unspecified atom stereocenters. The Morgan fingerprint density at radius 3 is 2.74 bits per heavy atom. The molecular weight excluding hydrogens is 322 g/mol. The summed E-state index contributed by atoms with van der Waals surface area (Å²) in [7, 11) is -2.70. The number of hydrogen-bond donors (Lipinski definition) is 1. The van der Waals surface area contributed by atoms with E-state index in [0.717, 1.165) is 0 Å². The van der Waals surface area contributed by atoms with Crippen molar-refractivity contribution in [3.63, 3.8) is 0 Å². The van der Waals surface area contributed by atoms with Gasteiger partial charge in [-0.3, -0.25) is 9.59 Å². The molecule has 0 saturated heterocycles. The van der Waals surface area contributed by atoms with Gasteiger partial charge in [0.05, 0.1) is 12.2 Å². The lowest BCUT2D eigenvalue weighted by Gasteiger charge is -2.10. The van der Waals surface area contributed by atoms with Gasteiger partial charge >= 0.3 is 0 Å². The second kappa shape index (κ2) is 6.61. The van der Waals surface area contributed by atoms with E-state index in [1.54, 1.807) is 6.92 Å². The summed E-state index contributed by atoms with van der Waals surface area (Å²) in [5.74, 6) is -0.942. The van der Waals surface area contributed by atoms with Crippen LogP contribution in [-0.4, -0.2) is 30.5 Å².